The summed E-state index contributed by atoms with van der Waals surface area (Å²) in [6.07, 6.45) is -2.49. The largest absolute Gasteiger partial charge is 0.444 e. The third kappa shape index (κ3) is 6.28. The molecule has 98 valence electrons. The molecule has 0 amide bonds. The van der Waals surface area contributed by atoms with E-state index in [9.17, 15) is 13.2 Å². The van der Waals surface area contributed by atoms with Crippen LogP contribution in [-0.2, 0) is 17.7 Å². The number of halogens is 3. The van der Waals surface area contributed by atoms with Crippen LogP contribution < -0.4 is 5.32 Å². The molecule has 0 aliphatic rings. The smallest absolute Gasteiger partial charge is 0.411 e. The highest BCUT2D eigenvalue weighted by atomic mass is 19.4. The van der Waals surface area contributed by atoms with Crippen molar-refractivity contribution in [1.82, 2.24) is 10.3 Å². The number of nitrogens with one attached hydrogen (secondary N) is 1. The van der Waals surface area contributed by atoms with Gasteiger partial charge >= 0.3 is 6.18 Å². The zero-order chi connectivity index (χ0) is 12.7. The fourth-order valence-corrected chi connectivity index (χ4v) is 1.14. The molecule has 1 N–H and O–H groups in total. The van der Waals surface area contributed by atoms with Crippen LogP contribution in [0.5, 0.6) is 0 Å². The van der Waals surface area contributed by atoms with Crippen LogP contribution in [0, 0.1) is 0 Å². The highest BCUT2D eigenvalue weighted by Gasteiger charge is 2.27. The quantitative estimate of drug-likeness (QED) is 0.753. The van der Waals surface area contributed by atoms with Crippen molar-refractivity contribution in [3.05, 3.63) is 17.8 Å². The first-order valence-electron chi connectivity index (χ1n) is 5.30. The first kappa shape index (κ1) is 14.0. The molecule has 4 nitrogen and oxygen atoms in total. The number of hydrogen-bond donors (Lipinski definition) is 1. The van der Waals surface area contributed by atoms with Crippen molar-refractivity contribution in [3.63, 3.8) is 0 Å². The Balaban J connectivity index is 2.21. The lowest BCUT2D eigenvalue weighted by molar-refractivity contribution is -0.173. The summed E-state index contributed by atoms with van der Waals surface area (Å²) in [7, 11) is 0. The van der Waals surface area contributed by atoms with Gasteiger partial charge in [-0.15, -0.1) is 0 Å². The summed E-state index contributed by atoms with van der Waals surface area (Å²) in [6, 6.07) is 0. The van der Waals surface area contributed by atoms with E-state index < -0.39 is 12.8 Å². The van der Waals surface area contributed by atoms with Crippen molar-refractivity contribution in [1.29, 1.82) is 0 Å². The van der Waals surface area contributed by atoms with Crippen LogP contribution in [-0.4, -0.2) is 30.9 Å². The number of alkyl halides is 3. The molecular weight excluding hydrogens is 237 g/mol. The van der Waals surface area contributed by atoms with E-state index in [4.69, 9.17) is 4.42 Å². The van der Waals surface area contributed by atoms with Crippen molar-refractivity contribution in [2.45, 2.75) is 26.1 Å². The van der Waals surface area contributed by atoms with Gasteiger partial charge in [-0.1, -0.05) is 6.92 Å². The summed E-state index contributed by atoms with van der Waals surface area (Å²) in [5, 5.41) is 3.03. The van der Waals surface area contributed by atoms with Crippen LogP contribution >= 0.6 is 0 Å². The van der Waals surface area contributed by atoms with Gasteiger partial charge in [0.05, 0.1) is 19.3 Å². The third-order valence-electron chi connectivity index (χ3n) is 1.89. The molecule has 1 rings (SSSR count). The van der Waals surface area contributed by atoms with Crippen LogP contribution in [0.15, 0.2) is 10.6 Å². The van der Waals surface area contributed by atoms with E-state index in [-0.39, 0.29) is 13.0 Å². The van der Waals surface area contributed by atoms with E-state index in [2.05, 4.69) is 15.0 Å². The van der Waals surface area contributed by atoms with E-state index in [1.54, 1.807) is 0 Å². The fourth-order valence-electron chi connectivity index (χ4n) is 1.14. The lowest BCUT2D eigenvalue weighted by Crippen LogP contribution is -2.17. The topological polar surface area (TPSA) is 47.3 Å². The summed E-state index contributed by atoms with van der Waals surface area (Å²) < 4.78 is 45.0. The predicted octanol–water partition coefficient (Wildman–Crippen LogP) is 1.91. The Morgan fingerprint density at radius 2 is 2.24 bits per heavy atom. The second-order valence-electron chi connectivity index (χ2n) is 3.42. The molecule has 17 heavy (non-hydrogen) atoms. The lowest BCUT2D eigenvalue weighted by atomic mass is 10.4. The Bertz CT molecular complexity index is 326. The SMILES string of the molecule is CCNCc1ncc(CCOCC(F)(F)F)o1. The maximum absolute atomic E-state index is 11.8. The number of aromatic nitrogens is 1. The third-order valence-corrected chi connectivity index (χ3v) is 1.89. The molecule has 1 heterocycles. The zero-order valence-corrected chi connectivity index (χ0v) is 9.51. The maximum atomic E-state index is 11.8. The number of oxazole rings is 1. The van der Waals surface area contributed by atoms with Crippen LogP contribution in [0.25, 0.3) is 0 Å². The Kier molecular flexibility index (Phi) is 5.43. The molecule has 0 bridgehead atoms. The lowest BCUT2D eigenvalue weighted by Gasteiger charge is -2.06. The van der Waals surface area contributed by atoms with Gasteiger partial charge in [0.25, 0.3) is 0 Å². The van der Waals surface area contributed by atoms with Gasteiger partial charge in [-0.2, -0.15) is 13.2 Å². The van der Waals surface area contributed by atoms with Crippen molar-refractivity contribution in [3.8, 4) is 0 Å². The molecule has 0 atom stereocenters. The van der Waals surface area contributed by atoms with Gasteiger partial charge in [-0.25, -0.2) is 4.98 Å². The average Bonchev–Trinajstić information content (AvgIpc) is 2.68. The molecule has 1 aromatic rings. The Labute approximate surface area is 97.2 Å². The number of rotatable bonds is 7. The molecule has 0 aliphatic carbocycles. The zero-order valence-electron chi connectivity index (χ0n) is 9.51. The first-order chi connectivity index (χ1) is 8.01. The molecule has 0 fully saturated rings. The van der Waals surface area contributed by atoms with E-state index in [0.717, 1.165) is 6.54 Å². The summed E-state index contributed by atoms with van der Waals surface area (Å²) in [4.78, 5) is 3.97. The molecule has 0 radical (unpaired) electrons. The van der Waals surface area contributed by atoms with Gasteiger partial charge in [-0.05, 0) is 6.54 Å². The number of ether oxygens (including phenoxy) is 1. The van der Waals surface area contributed by atoms with E-state index in [1.165, 1.54) is 6.20 Å². The summed E-state index contributed by atoms with van der Waals surface area (Å²) in [5.41, 5.74) is 0. The highest BCUT2D eigenvalue weighted by Crippen LogP contribution is 2.14. The van der Waals surface area contributed by atoms with Gasteiger partial charge in [0.15, 0.2) is 0 Å². The molecule has 0 spiro atoms. The molecule has 0 aliphatic heterocycles. The number of hydrogen-bond acceptors (Lipinski definition) is 4. The summed E-state index contributed by atoms with van der Waals surface area (Å²) >= 11 is 0. The molecule has 0 aromatic carbocycles. The van der Waals surface area contributed by atoms with Crippen LogP contribution in [0.2, 0.25) is 0 Å². The molecule has 7 heteroatoms. The van der Waals surface area contributed by atoms with Gasteiger partial charge in [0.2, 0.25) is 5.89 Å². The van der Waals surface area contributed by atoms with E-state index in [1.807, 2.05) is 6.92 Å². The maximum Gasteiger partial charge on any atom is 0.411 e. The second kappa shape index (κ2) is 6.61. The van der Waals surface area contributed by atoms with Crippen LogP contribution in [0.4, 0.5) is 13.2 Å². The van der Waals surface area contributed by atoms with E-state index >= 15 is 0 Å². The molecule has 0 saturated carbocycles. The first-order valence-corrected chi connectivity index (χ1v) is 5.30. The monoisotopic (exact) mass is 252 g/mol. The molecule has 0 saturated heterocycles. The Morgan fingerprint density at radius 1 is 1.47 bits per heavy atom. The van der Waals surface area contributed by atoms with Crippen molar-refractivity contribution < 1.29 is 22.3 Å². The Morgan fingerprint density at radius 3 is 2.88 bits per heavy atom. The minimum atomic E-state index is -4.28. The van der Waals surface area contributed by atoms with Gasteiger partial charge in [-0.3, -0.25) is 0 Å². The van der Waals surface area contributed by atoms with Crippen LogP contribution in [0.1, 0.15) is 18.6 Å². The van der Waals surface area contributed by atoms with Crippen molar-refractivity contribution in [2.24, 2.45) is 0 Å². The predicted molar refractivity (Wildman–Crippen MR) is 54.5 cm³/mol. The minimum absolute atomic E-state index is 0.0324. The molecule has 1 aromatic heterocycles. The molecular formula is C10H15F3N2O2. The van der Waals surface area contributed by atoms with Crippen molar-refractivity contribution >= 4 is 0 Å². The standard InChI is InChI=1S/C10H15F3N2O2/c1-2-14-6-9-15-5-8(17-9)3-4-16-7-10(11,12)13/h5,14H,2-4,6-7H2,1H3. The van der Waals surface area contributed by atoms with Crippen LogP contribution in [0.3, 0.4) is 0 Å². The van der Waals surface area contributed by atoms with Gasteiger partial charge in [0, 0.05) is 6.42 Å². The normalized spacial score (nSPS) is 12.0. The summed E-state index contributed by atoms with van der Waals surface area (Å²) in [6.45, 7) is 2.00. The van der Waals surface area contributed by atoms with Gasteiger partial charge < -0.3 is 14.5 Å². The van der Waals surface area contributed by atoms with Gasteiger partial charge in [0.1, 0.15) is 12.4 Å². The fraction of sp³-hybridized carbons (Fsp3) is 0.700. The second-order valence-corrected chi connectivity index (χ2v) is 3.42. The summed E-state index contributed by atoms with van der Waals surface area (Å²) in [5.74, 6) is 1.05. The Hall–Kier alpha value is -1.08. The average molecular weight is 252 g/mol. The highest BCUT2D eigenvalue weighted by molar-refractivity contribution is 4.94. The minimum Gasteiger partial charge on any atom is -0.444 e. The number of nitrogens with zero attached hydrogens (tertiary/aromatic N) is 1. The molecule has 0 unspecified atom stereocenters. The van der Waals surface area contributed by atoms with Crippen molar-refractivity contribution in [2.75, 3.05) is 19.8 Å². The van der Waals surface area contributed by atoms with E-state index in [0.29, 0.717) is 18.2 Å².